The van der Waals surface area contributed by atoms with Crippen LogP contribution in [0, 0.1) is 17.0 Å². The highest BCUT2D eigenvalue weighted by molar-refractivity contribution is 5.84. The van der Waals surface area contributed by atoms with Gasteiger partial charge in [0, 0.05) is 5.69 Å². The van der Waals surface area contributed by atoms with Gasteiger partial charge in [0.05, 0.1) is 6.54 Å². The molecule has 1 aromatic heterocycles. The minimum absolute atomic E-state index is 0.247. The van der Waals surface area contributed by atoms with E-state index in [0.29, 0.717) is 5.69 Å². The first-order valence-electron chi connectivity index (χ1n) is 5.73. The topological polar surface area (TPSA) is 110 Å². The van der Waals surface area contributed by atoms with Gasteiger partial charge in [-0.2, -0.15) is 0 Å². The Hall–Kier alpha value is -2.90. The average molecular weight is 276 g/mol. The van der Waals surface area contributed by atoms with Crippen molar-refractivity contribution < 1.29 is 14.8 Å². The normalized spacial score (nSPS) is 10.2. The number of nitrogens with one attached hydrogen (secondary N) is 1. The van der Waals surface area contributed by atoms with E-state index >= 15 is 0 Å². The lowest BCUT2D eigenvalue weighted by atomic mass is 10.1. The van der Waals surface area contributed by atoms with Gasteiger partial charge in [0.15, 0.2) is 0 Å². The van der Waals surface area contributed by atoms with Gasteiger partial charge in [-0.1, -0.05) is 17.1 Å². The number of nitro groups is 1. The third-order valence-corrected chi connectivity index (χ3v) is 2.89. The lowest BCUT2D eigenvalue weighted by molar-refractivity contribution is -0.396. The zero-order valence-corrected chi connectivity index (χ0v) is 10.6. The first kappa shape index (κ1) is 13.5. The summed E-state index contributed by atoms with van der Waals surface area (Å²) in [4.78, 5) is 24.6. The molecule has 0 atom stereocenters. The molecule has 2 rings (SSSR count). The fraction of sp³-hybridized carbons (Fsp3) is 0.167. The molecule has 0 saturated heterocycles. The Bertz CT molecular complexity index is 665. The monoisotopic (exact) mass is 276 g/mol. The number of carboxylic acid groups (broad SMARTS) is 1. The molecule has 2 N–H and O–H groups in total. The van der Waals surface area contributed by atoms with Crippen LogP contribution in [0.3, 0.4) is 0 Å². The second-order valence-corrected chi connectivity index (χ2v) is 4.13. The number of aromatic nitrogens is 2. The van der Waals surface area contributed by atoms with Crippen molar-refractivity contribution in [2.45, 2.75) is 13.5 Å². The maximum Gasteiger partial charge on any atom is 0.434 e. The predicted molar refractivity (Wildman–Crippen MR) is 70.8 cm³/mol. The van der Waals surface area contributed by atoms with Gasteiger partial charge in [-0.05, 0) is 29.0 Å². The molecule has 0 bridgehead atoms. The van der Waals surface area contributed by atoms with E-state index in [1.807, 2.05) is 0 Å². The molecule has 0 aliphatic rings. The van der Waals surface area contributed by atoms with Gasteiger partial charge in [0.1, 0.15) is 12.4 Å². The molecule has 0 saturated carbocycles. The van der Waals surface area contributed by atoms with Crippen LogP contribution < -0.4 is 5.32 Å². The quantitative estimate of drug-likeness (QED) is 0.657. The highest BCUT2D eigenvalue weighted by Crippen LogP contribution is 2.21. The van der Waals surface area contributed by atoms with Crippen molar-refractivity contribution in [1.29, 1.82) is 0 Å². The Labute approximate surface area is 113 Å². The van der Waals surface area contributed by atoms with Crippen LogP contribution in [0.2, 0.25) is 0 Å². The molecule has 2 aromatic rings. The van der Waals surface area contributed by atoms with E-state index in [2.05, 4.69) is 10.3 Å². The second-order valence-electron chi connectivity index (χ2n) is 4.13. The second kappa shape index (κ2) is 5.39. The lowest BCUT2D eigenvalue weighted by Crippen LogP contribution is -2.10. The Kier molecular flexibility index (Phi) is 3.65. The third-order valence-electron chi connectivity index (χ3n) is 2.89. The average Bonchev–Trinajstić information content (AvgIpc) is 2.82. The molecule has 0 spiro atoms. The van der Waals surface area contributed by atoms with Crippen LogP contribution in [0.5, 0.6) is 0 Å². The highest BCUT2D eigenvalue weighted by atomic mass is 16.6. The van der Waals surface area contributed by atoms with Gasteiger partial charge in [0.25, 0.3) is 0 Å². The van der Waals surface area contributed by atoms with Crippen LogP contribution in [0.1, 0.15) is 11.1 Å². The van der Waals surface area contributed by atoms with Crippen molar-refractivity contribution in [2.75, 3.05) is 5.32 Å². The molecule has 1 aromatic carbocycles. The summed E-state index contributed by atoms with van der Waals surface area (Å²) in [5.74, 6) is -0.249. The van der Waals surface area contributed by atoms with Gasteiger partial charge in [-0.25, -0.2) is 9.36 Å². The summed E-state index contributed by atoms with van der Waals surface area (Å²) in [6.07, 6.45) is 1.71. The lowest BCUT2D eigenvalue weighted by Gasteiger charge is -2.10. The maximum absolute atomic E-state index is 10.8. The highest BCUT2D eigenvalue weighted by Gasteiger charge is 2.16. The first-order chi connectivity index (χ1) is 9.49. The Morgan fingerprint density at radius 3 is 2.95 bits per heavy atom. The summed E-state index contributed by atoms with van der Waals surface area (Å²) >= 11 is 0. The van der Waals surface area contributed by atoms with Gasteiger partial charge in [-0.15, -0.1) is 0 Å². The van der Waals surface area contributed by atoms with E-state index < -0.39 is 11.0 Å². The van der Waals surface area contributed by atoms with E-state index in [0.717, 1.165) is 11.1 Å². The molecular weight excluding hydrogens is 264 g/mol. The van der Waals surface area contributed by atoms with Crippen molar-refractivity contribution in [3.05, 3.63) is 51.8 Å². The summed E-state index contributed by atoms with van der Waals surface area (Å²) in [5.41, 5.74) is 1.95. The van der Waals surface area contributed by atoms with E-state index in [1.54, 1.807) is 25.1 Å². The number of hydrogen-bond acceptors (Lipinski definition) is 4. The number of hydrogen-bond donors (Lipinski definition) is 2. The molecule has 0 aliphatic heterocycles. The minimum atomic E-state index is -1.15. The van der Waals surface area contributed by atoms with Gasteiger partial charge >= 0.3 is 12.0 Å². The van der Waals surface area contributed by atoms with Gasteiger partial charge in [0.2, 0.25) is 0 Å². The van der Waals surface area contributed by atoms with Crippen LogP contribution >= 0.6 is 0 Å². The van der Waals surface area contributed by atoms with Crippen LogP contribution in [0.15, 0.2) is 30.6 Å². The SMILES string of the molecule is Cc1c(Cn2ccnc2[N+](=O)[O-])cccc1NC(=O)O. The van der Waals surface area contributed by atoms with Crippen molar-refractivity contribution >= 4 is 17.7 Å². The molecule has 0 fully saturated rings. The standard InChI is InChI=1S/C12H12N4O4/c1-8-9(3-2-4-10(8)14-12(17)18)7-15-6-5-13-11(15)16(19)20/h2-6,14H,7H2,1H3,(H,17,18). The zero-order chi connectivity index (χ0) is 14.7. The van der Waals surface area contributed by atoms with Crippen LogP contribution in [0.4, 0.5) is 16.4 Å². The minimum Gasteiger partial charge on any atom is -0.465 e. The maximum atomic E-state index is 10.8. The van der Waals surface area contributed by atoms with Gasteiger partial charge in [-0.3, -0.25) is 5.32 Å². The molecule has 0 radical (unpaired) electrons. The van der Waals surface area contributed by atoms with Crippen LogP contribution in [0.25, 0.3) is 0 Å². The fourth-order valence-corrected chi connectivity index (χ4v) is 1.89. The number of imidazole rings is 1. The fourth-order valence-electron chi connectivity index (χ4n) is 1.89. The van der Waals surface area contributed by atoms with Crippen molar-refractivity contribution in [3.8, 4) is 0 Å². The first-order valence-corrected chi connectivity index (χ1v) is 5.73. The zero-order valence-electron chi connectivity index (χ0n) is 10.6. The van der Waals surface area contributed by atoms with E-state index in [-0.39, 0.29) is 12.5 Å². The molecule has 8 nitrogen and oxygen atoms in total. The van der Waals surface area contributed by atoms with Crippen LogP contribution in [-0.2, 0) is 6.54 Å². The molecule has 0 unspecified atom stereocenters. The largest absolute Gasteiger partial charge is 0.465 e. The number of anilines is 1. The summed E-state index contributed by atoms with van der Waals surface area (Å²) in [5, 5.41) is 21.8. The van der Waals surface area contributed by atoms with Gasteiger partial charge < -0.3 is 15.2 Å². The number of amides is 1. The van der Waals surface area contributed by atoms with Crippen molar-refractivity contribution in [2.24, 2.45) is 0 Å². The van der Waals surface area contributed by atoms with Crippen molar-refractivity contribution in [3.63, 3.8) is 0 Å². The number of rotatable bonds is 4. The van der Waals surface area contributed by atoms with E-state index in [1.165, 1.54) is 17.0 Å². The van der Waals surface area contributed by atoms with E-state index in [9.17, 15) is 14.9 Å². The van der Waals surface area contributed by atoms with Crippen LogP contribution in [-0.4, -0.2) is 25.7 Å². The number of benzene rings is 1. The number of nitrogens with zero attached hydrogens (tertiary/aromatic N) is 3. The Morgan fingerprint density at radius 1 is 1.55 bits per heavy atom. The Balaban J connectivity index is 2.32. The molecule has 20 heavy (non-hydrogen) atoms. The summed E-state index contributed by atoms with van der Waals surface area (Å²) in [6.45, 7) is 2.00. The number of carbonyl (C=O) groups is 1. The summed E-state index contributed by atoms with van der Waals surface area (Å²) < 4.78 is 1.40. The third kappa shape index (κ3) is 2.74. The molecule has 104 valence electrons. The summed E-state index contributed by atoms with van der Waals surface area (Å²) in [7, 11) is 0. The molecule has 8 heteroatoms. The predicted octanol–water partition coefficient (Wildman–Crippen LogP) is 2.24. The molecular formula is C12H12N4O4. The molecule has 1 heterocycles. The van der Waals surface area contributed by atoms with E-state index in [4.69, 9.17) is 5.11 Å². The molecule has 0 aliphatic carbocycles. The molecule has 1 amide bonds. The smallest absolute Gasteiger partial charge is 0.434 e. The van der Waals surface area contributed by atoms with Crippen molar-refractivity contribution in [1.82, 2.24) is 9.55 Å². The summed E-state index contributed by atoms with van der Waals surface area (Å²) in [6, 6.07) is 5.11. The Morgan fingerprint density at radius 2 is 2.30 bits per heavy atom.